The lowest BCUT2D eigenvalue weighted by Gasteiger charge is -2.38. The van der Waals surface area contributed by atoms with Gasteiger partial charge in [-0.1, -0.05) is 40.0 Å². The van der Waals surface area contributed by atoms with Gasteiger partial charge in [0, 0.05) is 23.9 Å². The number of nitrogens with two attached hydrogens (primary N) is 1. The minimum Gasteiger partial charge on any atom is -0.363 e. The van der Waals surface area contributed by atoms with E-state index in [1.54, 1.807) is 0 Å². The van der Waals surface area contributed by atoms with Crippen molar-refractivity contribution >= 4 is 52.7 Å². The van der Waals surface area contributed by atoms with Crippen molar-refractivity contribution in [2.75, 3.05) is 6.54 Å². The zero-order chi connectivity index (χ0) is 28.1. The molecule has 208 valence electrons. The quantitative estimate of drug-likeness (QED) is 0.264. The Kier molecular flexibility index (Phi) is 8.16. The molecule has 2 aliphatic carbocycles. The highest BCUT2D eigenvalue weighted by Gasteiger charge is 2.74. The van der Waals surface area contributed by atoms with Crippen LogP contribution in [0, 0.1) is 23.2 Å². The third kappa shape index (κ3) is 6.50. The Bertz CT molecular complexity index is 969. The number of fused-ring (bicyclic) bond motifs is 1. The van der Waals surface area contributed by atoms with Crippen molar-refractivity contribution in [1.29, 1.82) is 0 Å². The summed E-state index contributed by atoms with van der Waals surface area (Å²) in [5, 5.41) is 8.22. The van der Waals surface area contributed by atoms with Crippen molar-refractivity contribution in [3.05, 3.63) is 0 Å². The van der Waals surface area contributed by atoms with Gasteiger partial charge in [-0.25, -0.2) is 4.79 Å². The van der Waals surface area contributed by atoms with Crippen LogP contribution in [0.25, 0.3) is 0 Å². The van der Waals surface area contributed by atoms with Crippen LogP contribution in [0.3, 0.4) is 0 Å². The van der Waals surface area contributed by atoms with Gasteiger partial charge in [-0.2, -0.15) is 0 Å². The maximum Gasteiger partial charge on any atom is 0.315 e. The van der Waals surface area contributed by atoms with Crippen LogP contribution in [0.15, 0.2) is 0 Å². The highest BCUT2D eigenvalue weighted by Crippen LogP contribution is 2.65. The first-order chi connectivity index (χ1) is 16.8. The number of urea groups is 1. The number of amides is 5. The molecule has 0 bridgehead atoms. The molecule has 2 saturated carbocycles. The second kappa shape index (κ2) is 10.2. The minimum absolute atomic E-state index is 0.126. The monoisotopic (exact) mass is 559 g/mol. The van der Waals surface area contributed by atoms with E-state index in [0.29, 0.717) is 6.42 Å². The Labute approximate surface area is 228 Å². The molecule has 10 nitrogen and oxygen atoms in total. The largest absolute Gasteiger partial charge is 0.363 e. The molecular weight excluding hydrogens is 521 g/mol. The summed E-state index contributed by atoms with van der Waals surface area (Å²) in [6, 6.07) is -3.61. The molecule has 5 atom stereocenters. The van der Waals surface area contributed by atoms with Crippen LogP contribution < -0.4 is 21.7 Å². The van der Waals surface area contributed by atoms with Gasteiger partial charge >= 0.3 is 6.03 Å². The standard InChI is InChI=1S/C25H39Cl2N5O5/c1-23(2,3)18(30-22(37)31-24(4,5)6)21(36)32-11-13-15(25(13,26)27)16(32)20(35)29-14(17(33)19(28)34)10-12-8-7-9-12/h12-16,18H,7-11H2,1-6H3,(H2,28,34)(H,29,35)(H2,30,31,37)/t13?,14?,15-,16-,18+/m0/s1. The Morgan fingerprint density at radius 3 is 2.08 bits per heavy atom. The fourth-order valence-electron chi connectivity index (χ4n) is 5.18. The number of primary amides is 1. The van der Waals surface area contributed by atoms with E-state index in [1.165, 1.54) is 4.90 Å². The molecule has 0 aromatic carbocycles. The number of rotatable bonds is 8. The van der Waals surface area contributed by atoms with Crippen molar-refractivity contribution in [3.8, 4) is 0 Å². The van der Waals surface area contributed by atoms with Gasteiger partial charge in [-0.05, 0) is 38.5 Å². The third-order valence-corrected chi connectivity index (χ3v) is 8.50. The first-order valence-corrected chi connectivity index (χ1v) is 13.5. The van der Waals surface area contributed by atoms with E-state index in [4.69, 9.17) is 28.9 Å². The molecule has 3 aliphatic rings. The molecule has 0 aromatic rings. The van der Waals surface area contributed by atoms with Crippen molar-refractivity contribution in [1.82, 2.24) is 20.9 Å². The van der Waals surface area contributed by atoms with Crippen molar-refractivity contribution in [2.45, 2.75) is 95.2 Å². The number of alkyl halides is 2. The normalized spacial score (nSPS) is 26.3. The fraction of sp³-hybridized carbons (Fsp3) is 0.800. The van der Waals surface area contributed by atoms with Crippen LogP contribution in [-0.4, -0.2) is 69.0 Å². The molecule has 1 saturated heterocycles. The van der Waals surface area contributed by atoms with Gasteiger partial charge in [0.1, 0.15) is 16.4 Å². The summed E-state index contributed by atoms with van der Waals surface area (Å²) in [6.45, 7) is 11.0. The van der Waals surface area contributed by atoms with Crippen LogP contribution >= 0.6 is 23.2 Å². The second-order valence-corrected chi connectivity index (χ2v) is 14.2. The molecule has 0 spiro atoms. The summed E-state index contributed by atoms with van der Waals surface area (Å²) in [7, 11) is 0. The fourth-order valence-corrected chi connectivity index (χ4v) is 6.00. The molecule has 12 heteroatoms. The van der Waals surface area contributed by atoms with Crippen LogP contribution in [0.5, 0.6) is 0 Å². The molecule has 37 heavy (non-hydrogen) atoms. The lowest BCUT2D eigenvalue weighted by atomic mass is 9.80. The summed E-state index contributed by atoms with van der Waals surface area (Å²) in [6.07, 6.45) is 3.13. The summed E-state index contributed by atoms with van der Waals surface area (Å²) in [5.74, 6) is -3.74. The van der Waals surface area contributed by atoms with E-state index in [2.05, 4.69) is 16.0 Å². The van der Waals surface area contributed by atoms with Crippen LogP contribution in [-0.2, 0) is 19.2 Å². The van der Waals surface area contributed by atoms with Gasteiger partial charge in [0.15, 0.2) is 0 Å². The molecule has 1 aliphatic heterocycles. The Hall–Kier alpha value is -2.07. The Morgan fingerprint density at radius 1 is 1.03 bits per heavy atom. The predicted molar refractivity (Wildman–Crippen MR) is 140 cm³/mol. The number of halogens is 2. The highest BCUT2D eigenvalue weighted by atomic mass is 35.5. The van der Waals surface area contributed by atoms with Crippen molar-refractivity contribution in [3.63, 3.8) is 0 Å². The highest BCUT2D eigenvalue weighted by molar-refractivity contribution is 6.51. The number of nitrogens with zero attached hydrogens (tertiary/aromatic N) is 1. The number of likely N-dealkylation sites (tertiary alicyclic amines) is 1. The van der Waals surface area contributed by atoms with Gasteiger partial charge in [0.25, 0.3) is 5.91 Å². The average molecular weight is 561 g/mol. The van der Waals surface area contributed by atoms with Gasteiger partial charge in [0.2, 0.25) is 17.6 Å². The number of Topliss-reactive ketones (excluding diaryl/α,β-unsaturated/α-hetero) is 1. The number of ketones is 1. The minimum atomic E-state index is -1.19. The van der Waals surface area contributed by atoms with Crippen LogP contribution in [0.1, 0.15) is 67.2 Å². The number of carbonyl (C=O) groups excluding carboxylic acids is 5. The van der Waals surface area contributed by atoms with E-state index in [-0.39, 0.29) is 18.4 Å². The summed E-state index contributed by atoms with van der Waals surface area (Å²) >= 11 is 12.9. The third-order valence-electron chi connectivity index (χ3n) is 7.43. The lowest BCUT2D eigenvalue weighted by molar-refractivity contribution is -0.144. The van der Waals surface area contributed by atoms with Gasteiger partial charge < -0.3 is 26.6 Å². The smallest absolute Gasteiger partial charge is 0.315 e. The Morgan fingerprint density at radius 2 is 1.62 bits per heavy atom. The molecule has 5 amide bonds. The molecular formula is C25H39Cl2N5O5. The first-order valence-electron chi connectivity index (χ1n) is 12.8. The maximum absolute atomic E-state index is 13.8. The lowest BCUT2D eigenvalue weighted by Crippen LogP contribution is -2.62. The van der Waals surface area contributed by atoms with E-state index < -0.39 is 68.9 Å². The van der Waals surface area contributed by atoms with E-state index >= 15 is 0 Å². The second-order valence-electron chi connectivity index (χ2n) is 12.7. The molecule has 2 unspecified atom stereocenters. The molecule has 3 rings (SSSR count). The number of piperidine rings is 1. The predicted octanol–water partition coefficient (Wildman–Crippen LogP) is 1.86. The molecule has 0 aromatic heterocycles. The number of hydrogen-bond donors (Lipinski definition) is 4. The molecule has 1 heterocycles. The molecule has 0 radical (unpaired) electrons. The molecule has 3 fully saturated rings. The zero-order valence-corrected chi connectivity index (χ0v) is 23.8. The zero-order valence-electron chi connectivity index (χ0n) is 22.3. The van der Waals surface area contributed by atoms with Gasteiger partial charge in [-0.3, -0.25) is 19.2 Å². The van der Waals surface area contributed by atoms with E-state index in [0.717, 1.165) is 19.3 Å². The van der Waals surface area contributed by atoms with Crippen LogP contribution in [0.4, 0.5) is 4.79 Å². The first kappa shape index (κ1) is 29.5. The summed E-state index contributed by atoms with van der Waals surface area (Å²) in [5.41, 5.74) is 4.03. The summed E-state index contributed by atoms with van der Waals surface area (Å²) < 4.78 is -1.19. The number of hydrogen-bond acceptors (Lipinski definition) is 5. The van der Waals surface area contributed by atoms with Crippen molar-refractivity contribution in [2.24, 2.45) is 28.9 Å². The Balaban J connectivity index is 1.83. The topological polar surface area (TPSA) is 151 Å². The van der Waals surface area contributed by atoms with Crippen molar-refractivity contribution < 1.29 is 24.0 Å². The summed E-state index contributed by atoms with van der Waals surface area (Å²) in [4.78, 5) is 65.6. The SMILES string of the molecule is CC(C)(C)NC(=O)N[C@H](C(=O)N1CC2[C@@H]([C@H]1C(=O)NC(CC1CCC1)C(=O)C(N)=O)C2(Cl)Cl)C(C)(C)C. The van der Waals surface area contributed by atoms with E-state index in [9.17, 15) is 24.0 Å². The van der Waals surface area contributed by atoms with E-state index in [1.807, 2.05) is 41.5 Å². The molecule has 5 N–H and O–H groups in total. The van der Waals surface area contributed by atoms with Gasteiger partial charge in [-0.15, -0.1) is 23.2 Å². The maximum atomic E-state index is 13.8. The van der Waals surface area contributed by atoms with Gasteiger partial charge in [0.05, 0.1) is 6.04 Å². The number of nitrogens with one attached hydrogen (secondary N) is 3. The average Bonchev–Trinajstić information content (AvgIpc) is 3.06. The van der Waals surface area contributed by atoms with Crippen LogP contribution in [0.2, 0.25) is 0 Å². The number of carbonyl (C=O) groups is 5.